The van der Waals surface area contributed by atoms with Crippen LogP contribution in [0.4, 0.5) is 5.69 Å². The average Bonchev–Trinajstić information content (AvgIpc) is 2.75. The highest BCUT2D eigenvalue weighted by Crippen LogP contribution is 2.23. The van der Waals surface area contributed by atoms with Crippen molar-refractivity contribution in [3.8, 4) is 5.75 Å². The number of likely N-dealkylation sites (N-methyl/N-ethyl adjacent to an activating group) is 1. The normalized spacial score (nSPS) is 12.0. The van der Waals surface area contributed by atoms with Gasteiger partial charge in [0.25, 0.3) is 0 Å². The second-order valence-corrected chi connectivity index (χ2v) is 9.96. The van der Waals surface area contributed by atoms with E-state index in [1.54, 1.807) is 31.2 Å². The number of carbonyl (C=O) groups excluding carboxylic acids is 2. The van der Waals surface area contributed by atoms with Crippen molar-refractivity contribution in [2.24, 2.45) is 0 Å². The first kappa shape index (κ1) is 25.7. The first-order chi connectivity index (χ1) is 15.1. The van der Waals surface area contributed by atoms with Crippen LogP contribution in [0, 0.1) is 0 Å². The van der Waals surface area contributed by atoms with Crippen LogP contribution in [-0.4, -0.2) is 57.6 Å². The number of hydrogen-bond donors (Lipinski definition) is 1. The molecule has 2 aromatic rings. The van der Waals surface area contributed by atoms with Crippen molar-refractivity contribution in [1.82, 2.24) is 10.2 Å². The molecule has 10 heteroatoms. The topological polar surface area (TPSA) is 96.0 Å². The lowest BCUT2D eigenvalue weighted by atomic mass is 10.1. The SMILES string of the molecule is CCOc1ccc(N(CC(=O)N(Cc2cccc(Br)c2)[C@H](C)C(=O)NC)S(C)(=O)=O)cc1. The molecule has 2 aromatic carbocycles. The van der Waals surface area contributed by atoms with Crippen LogP contribution in [0.1, 0.15) is 19.4 Å². The number of sulfonamides is 1. The number of benzene rings is 2. The van der Waals surface area contributed by atoms with Gasteiger partial charge in [-0.25, -0.2) is 8.42 Å². The molecule has 0 radical (unpaired) electrons. The Morgan fingerprint density at radius 1 is 1.16 bits per heavy atom. The largest absolute Gasteiger partial charge is 0.494 e. The van der Waals surface area contributed by atoms with Gasteiger partial charge in [-0.15, -0.1) is 0 Å². The summed E-state index contributed by atoms with van der Waals surface area (Å²) < 4.78 is 32.3. The highest BCUT2D eigenvalue weighted by atomic mass is 79.9. The summed E-state index contributed by atoms with van der Waals surface area (Å²) in [4.78, 5) is 27.0. The molecule has 0 saturated heterocycles. The number of halogens is 1. The summed E-state index contributed by atoms with van der Waals surface area (Å²) in [6, 6.07) is 13.0. The van der Waals surface area contributed by atoms with Crippen LogP contribution in [0.25, 0.3) is 0 Å². The van der Waals surface area contributed by atoms with Gasteiger partial charge in [-0.3, -0.25) is 13.9 Å². The van der Waals surface area contributed by atoms with Crippen LogP contribution >= 0.6 is 15.9 Å². The summed E-state index contributed by atoms with van der Waals surface area (Å²) in [6.45, 7) is 3.64. The number of amides is 2. The van der Waals surface area contributed by atoms with E-state index < -0.39 is 28.5 Å². The summed E-state index contributed by atoms with van der Waals surface area (Å²) in [5, 5.41) is 2.54. The van der Waals surface area contributed by atoms with Crippen LogP contribution in [0.2, 0.25) is 0 Å². The predicted octanol–water partition coefficient (Wildman–Crippen LogP) is 2.78. The number of carbonyl (C=O) groups is 2. The van der Waals surface area contributed by atoms with Gasteiger partial charge in [0.1, 0.15) is 18.3 Å². The van der Waals surface area contributed by atoms with Crippen LogP contribution in [0.15, 0.2) is 53.0 Å². The molecule has 8 nitrogen and oxygen atoms in total. The Hall–Kier alpha value is -2.59. The maximum atomic E-state index is 13.3. The van der Waals surface area contributed by atoms with Gasteiger partial charge in [0.2, 0.25) is 21.8 Å². The quantitative estimate of drug-likeness (QED) is 0.514. The zero-order chi connectivity index (χ0) is 23.9. The number of nitrogens with zero attached hydrogens (tertiary/aromatic N) is 2. The minimum atomic E-state index is -3.77. The molecular formula is C22H28BrN3O5S. The highest BCUT2D eigenvalue weighted by Gasteiger charge is 2.29. The summed E-state index contributed by atoms with van der Waals surface area (Å²) in [5.74, 6) is -0.249. The molecule has 0 fully saturated rings. The lowest BCUT2D eigenvalue weighted by molar-refractivity contribution is -0.139. The Bertz CT molecular complexity index is 1040. The lowest BCUT2D eigenvalue weighted by Gasteiger charge is -2.31. The number of ether oxygens (including phenoxy) is 1. The van der Waals surface area contributed by atoms with Gasteiger partial charge in [0.15, 0.2) is 0 Å². The molecule has 0 spiro atoms. The van der Waals surface area contributed by atoms with Crippen molar-refractivity contribution in [3.63, 3.8) is 0 Å². The van der Waals surface area contributed by atoms with Crippen LogP contribution in [0.3, 0.4) is 0 Å². The van der Waals surface area contributed by atoms with E-state index in [2.05, 4.69) is 21.2 Å². The van der Waals surface area contributed by atoms with Gasteiger partial charge < -0.3 is 15.0 Å². The van der Waals surface area contributed by atoms with E-state index in [-0.39, 0.29) is 12.5 Å². The maximum absolute atomic E-state index is 13.3. The molecule has 174 valence electrons. The molecule has 0 aromatic heterocycles. The average molecular weight is 526 g/mol. The van der Waals surface area contributed by atoms with E-state index in [0.717, 1.165) is 20.6 Å². The van der Waals surface area contributed by atoms with E-state index >= 15 is 0 Å². The number of anilines is 1. The molecule has 0 unspecified atom stereocenters. The molecule has 2 amide bonds. The first-order valence-electron chi connectivity index (χ1n) is 10.0. The molecular weight excluding hydrogens is 498 g/mol. The second kappa shape index (κ2) is 11.3. The Labute approximate surface area is 197 Å². The van der Waals surface area contributed by atoms with Crippen molar-refractivity contribution in [3.05, 3.63) is 58.6 Å². The fraction of sp³-hybridized carbons (Fsp3) is 0.364. The molecule has 0 aliphatic carbocycles. The zero-order valence-corrected chi connectivity index (χ0v) is 20.9. The summed E-state index contributed by atoms with van der Waals surface area (Å²) in [5.41, 5.74) is 1.13. The van der Waals surface area contributed by atoms with E-state index in [4.69, 9.17) is 4.74 Å². The van der Waals surface area contributed by atoms with E-state index in [1.807, 2.05) is 31.2 Å². The van der Waals surface area contributed by atoms with Gasteiger partial charge >= 0.3 is 0 Å². The fourth-order valence-corrected chi connectivity index (χ4v) is 4.41. The minimum Gasteiger partial charge on any atom is -0.494 e. The third kappa shape index (κ3) is 6.96. The molecule has 32 heavy (non-hydrogen) atoms. The number of nitrogens with one attached hydrogen (secondary N) is 1. The Morgan fingerprint density at radius 2 is 1.81 bits per heavy atom. The van der Waals surface area contributed by atoms with Crippen LogP contribution in [0.5, 0.6) is 5.75 Å². The number of hydrogen-bond acceptors (Lipinski definition) is 5. The van der Waals surface area contributed by atoms with E-state index in [1.165, 1.54) is 11.9 Å². The molecule has 1 N–H and O–H groups in total. The highest BCUT2D eigenvalue weighted by molar-refractivity contribution is 9.10. The first-order valence-corrected chi connectivity index (χ1v) is 12.7. The van der Waals surface area contributed by atoms with Crippen molar-refractivity contribution < 1.29 is 22.7 Å². The number of rotatable bonds is 10. The molecule has 0 saturated carbocycles. The molecule has 1 atom stereocenters. The van der Waals surface area contributed by atoms with Crippen molar-refractivity contribution in [1.29, 1.82) is 0 Å². The van der Waals surface area contributed by atoms with Gasteiger partial charge in [0, 0.05) is 18.1 Å². The maximum Gasteiger partial charge on any atom is 0.244 e. The van der Waals surface area contributed by atoms with Gasteiger partial charge in [-0.1, -0.05) is 28.1 Å². The Kier molecular flexibility index (Phi) is 9.09. The minimum absolute atomic E-state index is 0.147. The van der Waals surface area contributed by atoms with Gasteiger partial charge in [-0.2, -0.15) is 0 Å². The lowest BCUT2D eigenvalue weighted by Crippen LogP contribution is -2.50. The van der Waals surface area contributed by atoms with Crippen molar-refractivity contribution in [2.75, 3.05) is 30.8 Å². The molecule has 2 rings (SSSR count). The van der Waals surface area contributed by atoms with Crippen LogP contribution in [-0.2, 0) is 26.2 Å². The Balaban J connectivity index is 2.35. The van der Waals surface area contributed by atoms with E-state index in [0.29, 0.717) is 18.0 Å². The second-order valence-electron chi connectivity index (χ2n) is 7.14. The predicted molar refractivity (Wildman–Crippen MR) is 128 cm³/mol. The molecule has 0 heterocycles. The smallest absolute Gasteiger partial charge is 0.244 e. The third-order valence-corrected chi connectivity index (χ3v) is 6.40. The third-order valence-electron chi connectivity index (χ3n) is 4.77. The van der Waals surface area contributed by atoms with Gasteiger partial charge in [0.05, 0.1) is 18.6 Å². The standard InChI is InChI=1S/C22H28BrN3O5S/c1-5-31-20-11-9-19(10-12-20)26(32(4,29)30)15-21(27)25(16(2)22(28)24-3)14-17-7-6-8-18(23)13-17/h6-13,16H,5,14-15H2,1-4H3,(H,24,28)/t16-/m1/s1. The summed E-state index contributed by atoms with van der Waals surface area (Å²) >= 11 is 3.40. The molecule has 0 aliphatic rings. The Morgan fingerprint density at radius 3 is 2.34 bits per heavy atom. The monoisotopic (exact) mass is 525 g/mol. The van der Waals surface area contributed by atoms with Crippen LogP contribution < -0.4 is 14.4 Å². The summed E-state index contributed by atoms with van der Waals surface area (Å²) in [7, 11) is -2.28. The molecule has 0 aliphatic heterocycles. The van der Waals surface area contributed by atoms with E-state index in [9.17, 15) is 18.0 Å². The molecule has 0 bridgehead atoms. The summed E-state index contributed by atoms with van der Waals surface area (Å²) in [6.07, 6.45) is 1.04. The van der Waals surface area contributed by atoms with Gasteiger partial charge in [-0.05, 0) is 55.8 Å². The van der Waals surface area contributed by atoms with Crippen molar-refractivity contribution in [2.45, 2.75) is 26.4 Å². The van der Waals surface area contributed by atoms with Crippen molar-refractivity contribution >= 4 is 43.5 Å². The fourth-order valence-electron chi connectivity index (χ4n) is 3.11. The zero-order valence-electron chi connectivity index (χ0n) is 18.5.